The monoisotopic (exact) mass is 203 g/mol. The third-order valence-electron chi connectivity index (χ3n) is 2.85. The summed E-state index contributed by atoms with van der Waals surface area (Å²) in [6.45, 7) is 1.36. The number of hydrogen-bond donors (Lipinski definition) is 3. The van der Waals surface area contributed by atoms with Gasteiger partial charge in [-0.15, -0.1) is 0 Å². The molecule has 4 nitrogen and oxygen atoms in total. The minimum absolute atomic E-state index is 0.178. The van der Waals surface area contributed by atoms with Gasteiger partial charge >= 0.3 is 0 Å². The van der Waals surface area contributed by atoms with Crippen LogP contribution in [-0.4, -0.2) is 58.7 Å². The van der Waals surface area contributed by atoms with E-state index in [0.29, 0.717) is 12.6 Å². The molecule has 1 aliphatic carbocycles. The number of rotatable bonds is 7. The molecule has 0 aromatic heterocycles. The maximum Gasteiger partial charge on any atom is 0.0897 e. The zero-order valence-electron chi connectivity index (χ0n) is 8.60. The molecule has 1 aliphatic rings. The first-order chi connectivity index (χ1) is 6.77. The SMILES string of the molecule is OCCCN(CC(O)CO)C1CCC1. The van der Waals surface area contributed by atoms with Crippen LogP contribution in [0.3, 0.4) is 0 Å². The summed E-state index contributed by atoms with van der Waals surface area (Å²) in [6, 6.07) is 0.558. The van der Waals surface area contributed by atoms with Crippen LogP contribution in [0.1, 0.15) is 25.7 Å². The fourth-order valence-corrected chi connectivity index (χ4v) is 1.78. The van der Waals surface area contributed by atoms with Crippen molar-refractivity contribution in [3.05, 3.63) is 0 Å². The second-order valence-electron chi connectivity index (χ2n) is 3.99. The molecule has 1 unspecified atom stereocenters. The van der Waals surface area contributed by atoms with Crippen molar-refractivity contribution in [1.82, 2.24) is 4.90 Å². The van der Waals surface area contributed by atoms with Crippen LogP contribution < -0.4 is 0 Å². The molecule has 14 heavy (non-hydrogen) atoms. The highest BCUT2D eigenvalue weighted by Crippen LogP contribution is 2.24. The van der Waals surface area contributed by atoms with Crippen molar-refractivity contribution in [1.29, 1.82) is 0 Å². The number of aliphatic hydroxyl groups is 3. The molecule has 0 spiro atoms. The third-order valence-corrected chi connectivity index (χ3v) is 2.85. The van der Waals surface area contributed by atoms with E-state index in [1.165, 1.54) is 19.3 Å². The standard InChI is InChI=1S/C10H21NO3/c12-6-2-5-11(7-10(14)8-13)9-3-1-4-9/h9-10,12-14H,1-8H2. The number of nitrogens with zero attached hydrogens (tertiary/aromatic N) is 1. The Morgan fingerprint density at radius 2 is 2.00 bits per heavy atom. The lowest BCUT2D eigenvalue weighted by Crippen LogP contribution is -2.45. The van der Waals surface area contributed by atoms with Gasteiger partial charge in [0, 0.05) is 25.7 Å². The first kappa shape index (κ1) is 11.9. The minimum atomic E-state index is -0.644. The molecule has 1 saturated carbocycles. The van der Waals surface area contributed by atoms with Gasteiger partial charge in [-0.25, -0.2) is 0 Å². The molecule has 84 valence electrons. The van der Waals surface area contributed by atoms with Gasteiger partial charge in [0.05, 0.1) is 12.7 Å². The van der Waals surface area contributed by atoms with Crippen molar-refractivity contribution in [2.24, 2.45) is 0 Å². The van der Waals surface area contributed by atoms with Crippen LogP contribution in [-0.2, 0) is 0 Å². The molecule has 1 atom stereocenters. The molecule has 0 saturated heterocycles. The molecule has 0 aromatic rings. The minimum Gasteiger partial charge on any atom is -0.396 e. The van der Waals surface area contributed by atoms with Crippen molar-refractivity contribution in [2.45, 2.75) is 37.8 Å². The van der Waals surface area contributed by atoms with Crippen LogP contribution in [0, 0.1) is 0 Å². The summed E-state index contributed by atoms with van der Waals surface area (Å²) in [5, 5.41) is 26.8. The Bertz CT molecular complexity index is 150. The van der Waals surface area contributed by atoms with Gasteiger partial charge in [-0.05, 0) is 19.3 Å². The second kappa shape index (κ2) is 6.35. The lowest BCUT2D eigenvalue weighted by atomic mass is 9.91. The molecule has 0 amide bonds. The molecule has 4 heteroatoms. The largest absolute Gasteiger partial charge is 0.396 e. The predicted octanol–water partition coefficient (Wildman–Crippen LogP) is -0.424. The Kier molecular flexibility index (Phi) is 5.40. The normalized spacial score (nSPS) is 19.7. The Labute approximate surface area is 85.2 Å². The summed E-state index contributed by atoms with van der Waals surface area (Å²) in [5.74, 6) is 0. The van der Waals surface area contributed by atoms with Crippen LogP contribution in [0.2, 0.25) is 0 Å². The topological polar surface area (TPSA) is 63.9 Å². The van der Waals surface area contributed by atoms with E-state index in [-0.39, 0.29) is 13.2 Å². The fourth-order valence-electron chi connectivity index (χ4n) is 1.78. The van der Waals surface area contributed by atoms with Crippen LogP contribution >= 0.6 is 0 Å². The van der Waals surface area contributed by atoms with Crippen LogP contribution in [0.5, 0.6) is 0 Å². The van der Waals surface area contributed by atoms with Crippen molar-refractivity contribution >= 4 is 0 Å². The maximum absolute atomic E-state index is 9.34. The van der Waals surface area contributed by atoms with Gasteiger partial charge in [-0.1, -0.05) is 6.42 Å². The molecular weight excluding hydrogens is 182 g/mol. The van der Waals surface area contributed by atoms with Gasteiger partial charge in [-0.2, -0.15) is 0 Å². The molecule has 3 N–H and O–H groups in total. The van der Waals surface area contributed by atoms with Crippen molar-refractivity contribution < 1.29 is 15.3 Å². The summed E-state index contributed by atoms with van der Waals surface area (Å²) in [6.07, 6.45) is 3.73. The number of hydrogen-bond acceptors (Lipinski definition) is 4. The van der Waals surface area contributed by atoms with E-state index in [1.54, 1.807) is 0 Å². The Morgan fingerprint density at radius 3 is 2.43 bits per heavy atom. The molecule has 0 heterocycles. The second-order valence-corrected chi connectivity index (χ2v) is 3.99. The lowest BCUT2D eigenvalue weighted by molar-refractivity contribution is 0.0253. The van der Waals surface area contributed by atoms with Gasteiger partial charge in [-0.3, -0.25) is 4.90 Å². The highest BCUT2D eigenvalue weighted by atomic mass is 16.3. The first-order valence-electron chi connectivity index (χ1n) is 5.41. The summed E-state index contributed by atoms with van der Waals surface area (Å²) in [4.78, 5) is 2.18. The van der Waals surface area contributed by atoms with Gasteiger partial charge in [0.15, 0.2) is 0 Å². The van der Waals surface area contributed by atoms with Gasteiger partial charge in [0.25, 0.3) is 0 Å². The molecule has 0 bridgehead atoms. The highest BCUT2D eigenvalue weighted by Gasteiger charge is 2.25. The first-order valence-corrected chi connectivity index (χ1v) is 5.41. The summed E-state index contributed by atoms with van der Waals surface area (Å²) in [5.41, 5.74) is 0. The van der Waals surface area contributed by atoms with E-state index >= 15 is 0 Å². The van der Waals surface area contributed by atoms with E-state index in [9.17, 15) is 5.11 Å². The molecule has 1 rings (SSSR count). The van der Waals surface area contributed by atoms with Crippen molar-refractivity contribution in [2.75, 3.05) is 26.3 Å². The van der Waals surface area contributed by atoms with Crippen LogP contribution in [0.4, 0.5) is 0 Å². The summed E-state index contributed by atoms with van der Waals surface area (Å²) < 4.78 is 0. The predicted molar refractivity (Wildman–Crippen MR) is 54.0 cm³/mol. The average molecular weight is 203 g/mol. The molecule has 1 fully saturated rings. The van der Waals surface area contributed by atoms with Gasteiger partial charge < -0.3 is 15.3 Å². The maximum atomic E-state index is 9.34. The Hall–Kier alpha value is -0.160. The van der Waals surface area contributed by atoms with E-state index < -0.39 is 6.10 Å². The van der Waals surface area contributed by atoms with Crippen molar-refractivity contribution in [3.8, 4) is 0 Å². The average Bonchev–Trinajstić information content (AvgIpc) is 2.11. The highest BCUT2D eigenvalue weighted by molar-refractivity contribution is 4.81. The summed E-state index contributed by atoms with van der Waals surface area (Å²) in [7, 11) is 0. The van der Waals surface area contributed by atoms with E-state index in [4.69, 9.17) is 10.2 Å². The van der Waals surface area contributed by atoms with E-state index in [0.717, 1.165) is 13.0 Å². The lowest BCUT2D eigenvalue weighted by Gasteiger charge is -2.38. The van der Waals surface area contributed by atoms with Crippen LogP contribution in [0.25, 0.3) is 0 Å². The fraction of sp³-hybridized carbons (Fsp3) is 1.00. The third kappa shape index (κ3) is 3.53. The molecule has 0 radical (unpaired) electrons. The molecular formula is C10H21NO3. The van der Waals surface area contributed by atoms with E-state index in [1.807, 2.05) is 0 Å². The smallest absolute Gasteiger partial charge is 0.0897 e. The Balaban J connectivity index is 2.27. The molecule has 0 aliphatic heterocycles. The van der Waals surface area contributed by atoms with Crippen molar-refractivity contribution in [3.63, 3.8) is 0 Å². The molecule has 0 aromatic carbocycles. The Morgan fingerprint density at radius 1 is 1.29 bits per heavy atom. The van der Waals surface area contributed by atoms with E-state index in [2.05, 4.69) is 4.90 Å². The quantitative estimate of drug-likeness (QED) is 0.526. The van der Waals surface area contributed by atoms with Crippen LogP contribution in [0.15, 0.2) is 0 Å². The zero-order valence-corrected chi connectivity index (χ0v) is 8.60. The van der Waals surface area contributed by atoms with Gasteiger partial charge in [0.1, 0.15) is 0 Å². The number of aliphatic hydroxyl groups excluding tert-OH is 3. The van der Waals surface area contributed by atoms with Gasteiger partial charge in [0.2, 0.25) is 0 Å². The zero-order chi connectivity index (χ0) is 10.4. The summed E-state index contributed by atoms with van der Waals surface area (Å²) >= 11 is 0.